The summed E-state index contributed by atoms with van der Waals surface area (Å²) in [6.45, 7) is 6.08. The molecule has 0 heterocycles. The second kappa shape index (κ2) is 7.92. The predicted octanol–water partition coefficient (Wildman–Crippen LogP) is 1.16. The van der Waals surface area contributed by atoms with Crippen LogP contribution in [0.2, 0.25) is 0 Å². The van der Waals surface area contributed by atoms with Gasteiger partial charge in [0.25, 0.3) is 0 Å². The summed E-state index contributed by atoms with van der Waals surface area (Å²) in [5.41, 5.74) is 4.97. The Morgan fingerprint density at radius 3 is 2.75 bits per heavy atom. The number of ether oxygens (including phenoxy) is 1. The average Bonchev–Trinajstić information content (AvgIpc) is 2.18. The maximum atomic E-state index is 11.5. The summed E-state index contributed by atoms with van der Waals surface area (Å²) in [5.74, 6) is 0.456. The maximum Gasteiger partial charge on any atom is 0.325 e. The van der Waals surface area contributed by atoms with Crippen LogP contribution in [0.4, 0.5) is 0 Å². The van der Waals surface area contributed by atoms with Crippen LogP contribution < -0.4 is 5.73 Å². The number of hydrogen-bond donors (Lipinski definition) is 2. The standard InChI is InChI=1S/C11H23NO3S/c1-4-15-10(14)11(3,12)6-8-16-9(2)5-7-13/h9,13H,4-8,12H2,1-3H3. The number of carbonyl (C=O) groups excluding carboxylic acids is 1. The second-order valence-electron chi connectivity index (χ2n) is 4.08. The molecule has 0 saturated carbocycles. The van der Waals surface area contributed by atoms with Crippen molar-refractivity contribution >= 4 is 17.7 Å². The van der Waals surface area contributed by atoms with Crippen molar-refractivity contribution in [3.8, 4) is 0 Å². The molecule has 16 heavy (non-hydrogen) atoms. The first-order valence-corrected chi connectivity index (χ1v) is 6.67. The number of hydrogen-bond acceptors (Lipinski definition) is 5. The zero-order chi connectivity index (χ0) is 12.6. The molecule has 5 heteroatoms. The number of nitrogens with two attached hydrogens (primary N) is 1. The van der Waals surface area contributed by atoms with E-state index in [1.54, 1.807) is 25.6 Å². The minimum Gasteiger partial charge on any atom is -0.465 e. The van der Waals surface area contributed by atoms with Crippen molar-refractivity contribution in [1.82, 2.24) is 0 Å². The van der Waals surface area contributed by atoms with Crippen molar-refractivity contribution < 1.29 is 14.6 Å². The monoisotopic (exact) mass is 249 g/mol. The van der Waals surface area contributed by atoms with E-state index >= 15 is 0 Å². The lowest BCUT2D eigenvalue weighted by molar-refractivity contribution is -0.149. The van der Waals surface area contributed by atoms with E-state index < -0.39 is 5.54 Å². The third-order valence-corrected chi connectivity index (χ3v) is 3.55. The minimum absolute atomic E-state index is 0.200. The van der Waals surface area contributed by atoms with Gasteiger partial charge in [-0.2, -0.15) is 11.8 Å². The molecule has 0 aliphatic rings. The van der Waals surface area contributed by atoms with E-state index in [9.17, 15) is 4.79 Å². The van der Waals surface area contributed by atoms with Crippen molar-refractivity contribution in [2.75, 3.05) is 19.0 Å². The Labute approximate surface area is 102 Å². The van der Waals surface area contributed by atoms with Crippen molar-refractivity contribution in [3.63, 3.8) is 0 Å². The third-order valence-electron chi connectivity index (χ3n) is 2.30. The van der Waals surface area contributed by atoms with Gasteiger partial charge in [0, 0.05) is 11.9 Å². The molecule has 0 aromatic heterocycles. The Balaban J connectivity index is 3.85. The Bertz CT molecular complexity index is 209. The van der Waals surface area contributed by atoms with Gasteiger partial charge in [0.05, 0.1) is 6.61 Å². The smallest absolute Gasteiger partial charge is 0.325 e. The summed E-state index contributed by atoms with van der Waals surface area (Å²) in [6, 6.07) is 0. The van der Waals surface area contributed by atoms with Gasteiger partial charge in [0.15, 0.2) is 0 Å². The van der Waals surface area contributed by atoms with E-state index in [4.69, 9.17) is 15.6 Å². The molecule has 2 unspecified atom stereocenters. The molecular weight excluding hydrogens is 226 g/mol. The highest BCUT2D eigenvalue weighted by Gasteiger charge is 2.29. The Morgan fingerprint density at radius 1 is 1.62 bits per heavy atom. The zero-order valence-corrected chi connectivity index (χ0v) is 11.2. The fourth-order valence-corrected chi connectivity index (χ4v) is 2.35. The molecule has 0 aliphatic heterocycles. The first-order valence-electron chi connectivity index (χ1n) is 5.62. The van der Waals surface area contributed by atoms with Gasteiger partial charge in [0.1, 0.15) is 5.54 Å². The van der Waals surface area contributed by atoms with E-state index in [0.717, 1.165) is 12.2 Å². The summed E-state index contributed by atoms with van der Waals surface area (Å²) in [4.78, 5) is 11.5. The Hall–Kier alpha value is -0.260. The predicted molar refractivity (Wildman–Crippen MR) is 67.5 cm³/mol. The fraction of sp³-hybridized carbons (Fsp3) is 0.909. The second-order valence-corrected chi connectivity index (χ2v) is 5.63. The van der Waals surface area contributed by atoms with Gasteiger partial charge in [0.2, 0.25) is 0 Å². The summed E-state index contributed by atoms with van der Waals surface area (Å²) < 4.78 is 4.90. The molecule has 0 saturated heterocycles. The summed E-state index contributed by atoms with van der Waals surface area (Å²) in [5, 5.41) is 9.13. The Kier molecular flexibility index (Phi) is 7.80. The molecular formula is C11H23NO3S. The highest BCUT2D eigenvalue weighted by atomic mass is 32.2. The molecule has 0 rings (SSSR count). The van der Waals surface area contributed by atoms with Crippen molar-refractivity contribution in [3.05, 3.63) is 0 Å². The lowest BCUT2D eigenvalue weighted by atomic mass is 10.0. The van der Waals surface area contributed by atoms with Crippen LogP contribution >= 0.6 is 11.8 Å². The van der Waals surface area contributed by atoms with E-state index in [1.165, 1.54) is 0 Å². The number of aliphatic hydroxyl groups is 1. The van der Waals surface area contributed by atoms with Gasteiger partial charge in [-0.1, -0.05) is 6.92 Å². The Morgan fingerprint density at radius 2 is 2.25 bits per heavy atom. The summed E-state index contributed by atoms with van der Waals surface area (Å²) in [7, 11) is 0. The fourth-order valence-electron chi connectivity index (χ4n) is 1.14. The van der Waals surface area contributed by atoms with Crippen LogP contribution in [-0.4, -0.2) is 40.8 Å². The molecule has 0 aromatic carbocycles. The maximum absolute atomic E-state index is 11.5. The number of esters is 1. The molecule has 0 radical (unpaired) electrons. The van der Waals surface area contributed by atoms with Gasteiger partial charge in [-0.3, -0.25) is 4.79 Å². The highest BCUT2D eigenvalue weighted by molar-refractivity contribution is 7.99. The van der Waals surface area contributed by atoms with Crippen LogP contribution in [-0.2, 0) is 9.53 Å². The van der Waals surface area contributed by atoms with Crippen LogP contribution in [0.15, 0.2) is 0 Å². The SMILES string of the molecule is CCOC(=O)C(C)(N)CCSC(C)CCO. The largest absolute Gasteiger partial charge is 0.465 e. The lowest BCUT2D eigenvalue weighted by Crippen LogP contribution is -2.46. The number of carbonyl (C=O) groups is 1. The molecule has 0 aromatic rings. The molecule has 96 valence electrons. The van der Waals surface area contributed by atoms with Crippen LogP contribution in [0.1, 0.15) is 33.6 Å². The normalized spacial score (nSPS) is 16.6. The van der Waals surface area contributed by atoms with Crippen molar-refractivity contribution in [2.45, 2.75) is 44.4 Å². The molecule has 2 atom stereocenters. The van der Waals surface area contributed by atoms with Crippen LogP contribution in [0.3, 0.4) is 0 Å². The minimum atomic E-state index is -0.901. The molecule has 0 aliphatic carbocycles. The van der Waals surface area contributed by atoms with Crippen molar-refractivity contribution in [1.29, 1.82) is 0 Å². The average molecular weight is 249 g/mol. The first kappa shape index (κ1) is 15.7. The van der Waals surface area contributed by atoms with Crippen molar-refractivity contribution in [2.24, 2.45) is 5.73 Å². The summed E-state index contributed by atoms with van der Waals surface area (Å²) >= 11 is 1.72. The topological polar surface area (TPSA) is 72.5 Å². The number of aliphatic hydroxyl groups excluding tert-OH is 1. The van der Waals surface area contributed by atoms with E-state index in [0.29, 0.717) is 18.3 Å². The van der Waals surface area contributed by atoms with E-state index in [2.05, 4.69) is 6.92 Å². The molecule has 4 nitrogen and oxygen atoms in total. The van der Waals surface area contributed by atoms with Gasteiger partial charge < -0.3 is 15.6 Å². The molecule has 0 fully saturated rings. The molecule has 0 spiro atoms. The molecule has 3 N–H and O–H groups in total. The first-order chi connectivity index (χ1) is 7.44. The third kappa shape index (κ3) is 6.35. The number of rotatable bonds is 8. The van der Waals surface area contributed by atoms with Crippen LogP contribution in [0, 0.1) is 0 Å². The van der Waals surface area contributed by atoms with Gasteiger partial charge >= 0.3 is 5.97 Å². The summed E-state index contributed by atoms with van der Waals surface area (Å²) in [6.07, 6.45) is 1.36. The van der Waals surface area contributed by atoms with Crippen LogP contribution in [0.5, 0.6) is 0 Å². The van der Waals surface area contributed by atoms with E-state index in [-0.39, 0.29) is 12.6 Å². The zero-order valence-electron chi connectivity index (χ0n) is 10.4. The number of thioether (sulfide) groups is 1. The molecule has 0 bridgehead atoms. The highest BCUT2D eigenvalue weighted by Crippen LogP contribution is 2.19. The van der Waals surface area contributed by atoms with Gasteiger partial charge in [-0.25, -0.2) is 0 Å². The van der Waals surface area contributed by atoms with Crippen LogP contribution in [0.25, 0.3) is 0 Å². The van der Waals surface area contributed by atoms with E-state index in [1.807, 2.05) is 0 Å². The van der Waals surface area contributed by atoms with Gasteiger partial charge in [-0.15, -0.1) is 0 Å². The molecule has 0 amide bonds. The van der Waals surface area contributed by atoms with Gasteiger partial charge in [-0.05, 0) is 32.4 Å². The quantitative estimate of drug-likeness (QED) is 0.632. The lowest BCUT2D eigenvalue weighted by Gasteiger charge is -2.22.